The van der Waals surface area contributed by atoms with Crippen molar-refractivity contribution in [2.45, 2.75) is 91.8 Å². The molecular formula is C51H50Br2N6O13. The lowest BCUT2D eigenvalue weighted by Gasteiger charge is -2.31. The van der Waals surface area contributed by atoms with Crippen LogP contribution in [-0.2, 0) is 35.3 Å². The third-order valence-corrected chi connectivity index (χ3v) is 13.4. The number of H-pyrrole nitrogens is 2. The highest BCUT2D eigenvalue weighted by atomic mass is 79.9. The molecule has 0 radical (unpaired) electrons. The van der Waals surface area contributed by atoms with Crippen molar-refractivity contribution in [3.63, 3.8) is 0 Å². The molecule has 21 heteroatoms. The minimum atomic E-state index is -0.566. The summed E-state index contributed by atoms with van der Waals surface area (Å²) in [4.78, 5) is 113. The zero-order valence-corrected chi connectivity index (χ0v) is 43.1. The Kier molecular flexibility index (Phi) is 17.0. The van der Waals surface area contributed by atoms with Crippen LogP contribution in [0.2, 0.25) is 0 Å². The highest BCUT2D eigenvalue weighted by Crippen LogP contribution is 2.28. The number of fused-ring (bicyclic) bond motifs is 3. The minimum absolute atomic E-state index is 0.00663. The Labute approximate surface area is 426 Å². The summed E-state index contributed by atoms with van der Waals surface area (Å²) < 4.78 is 28.4. The summed E-state index contributed by atoms with van der Waals surface area (Å²) in [6.45, 7) is 10.3. The van der Waals surface area contributed by atoms with Crippen LogP contribution in [0.1, 0.15) is 110 Å². The van der Waals surface area contributed by atoms with Crippen LogP contribution >= 0.6 is 31.9 Å². The number of hydrogen-bond acceptors (Lipinski definition) is 15. The average molecular weight is 1110 g/mol. The fraction of sp³-hybridized carbons (Fsp3) is 0.333. The number of piperidine rings is 1. The first-order valence-electron chi connectivity index (χ1n) is 23.2. The predicted octanol–water partition coefficient (Wildman–Crippen LogP) is 7.42. The first-order valence-corrected chi connectivity index (χ1v) is 24.8. The third kappa shape index (κ3) is 12.1. The summed E-state index contributed by atoms with van der Waals surface area (Å²) >= 11 is 6.92. The Bertz CT molecular complexity index is 3320. The van der Waals surface area contributed by atoms with E-state index in [0.717, 1.165) is 44.2 Å². The van der Waals surface area contributed by atoms with Gasteiger partial charge in [-0.1, -0.05) is 89.0 Å². The third-order valence-electron chi connectivity index (χ3n) is 11.9. The van der Waals surface area contributed by atoms with Crippen LogP contribution in [0.15, 0.2) is 113 Å². The number of aromatic amines is 2. The molecule has 3 amide bonds. The molecule has 0 unspecified atom stereocenters. The van der Waals surface area contributed by atoms with Crippen LogP contribution < -0.4 is 37.5 Å². The molecule has 2 atom stereocenters. The number of aromatic nitrogens is 4. The molecule has 19 nitrogen and oxygen atoms in total. The number of amides is 3. The second-order valence-electron chi connectivity index (χ2n) is 16.7. The molecule has 2 aliphatic rings. The van der Waals surface area contributed by atoms with Gasteiger partial charge in [0.2, 0.25) is 23.2 Å². The van der Waals surface area contributed by atoms with Crippen LogP contribution in [0.3, 0.4) is 0 Å². The molecule has 2 N–H and O–H groups in total. The van der Waals surface area contributed by atoms with Crippen LogP contribution in [0, 0.1) is 0 Å². The molecule has 7 aromatic rings. The van der Waals surface area contributed by atoms with Gasteiger partial charge in [-0.15, -0.1) is 0 Å². The number of halogens is 2. The summed E-state index contributed by atoms with van der Waals surface area (Å²) in [5.74, 6) is -1.16. The van der Waals surface area contributed by atoms with E-state index < -0.39 is 39.8 Å². The van der Waals surface area contributed by atoms with Gasteiger partial charge in [-0.25, -0.2) is 14.4 Å². The Balaban J connectivity index is 0.000000158. The van der Waals surface area contributed by atoms with Crippen LogP contribution in [0.4, 0.5) is 0 Å². The van der Waals surface area contributed by atoms with Gasteiger partial charge in [-0.2, -0.15) is 9.97 Å². The van der Waals surface area contributed by atoms with Crippen molar-refractivity contribution < 1.29 is 37.1 Å². The normalized spacial score (nSPS) is 14.2. The number of aryl methyl sites for hydroxylation is 3. The molecule has 376 valence electrons. The topological polar surface area (TPSA) is 258 Å². The second kappa shape index (κ2) is 23.3. The van der Waals surface area contributed by atoms with Crippen molar-refractivity contribution >= 4 is 71.8 Å². The standard InChI is InChI=1S/2C17H15BrN2O4.C17H20N2O5/c2*1-3-10-8-13(21)24-16-14(10)15(22)19-17(20-16)23-9(2)11-6-4-5-7-12(11)18;1-2-11-8-15(22)24-12-9-13(20)19(17(23)16(11)12)10-14(21)18-6-4-3-5-7-18/h2*4-9H,3H2,1-2H3,(H,19,20,22);8H,2-7,9-10H2,1H3/t2*9-;/m00./s1. The molecule has 0 bridgehead atoms. The van der Waals surface area contributed by atoms with E-state index >= 15 is 0 Å². The Morgan fingerprint density at radius 2 is 1.10 bits per heavy atom. The van der Waals surface area contributed by atoms with Gasteiger partial charge in [0.1, 0.15) is 35.3 Å². The summed E-state index contributed by atoms with van der Waals surface area (Å²) in [7, 11) is 0. The lowest BCUT2D eigenvalue weighted by atomic mass is 9.98. The molecule has 2 aromatic carbocycles. The maximum atomic E-state index is 12.7. The fourth-order valence-corrected chi connectivity index (χ4v) is 9.49. The van der Waals surface area contributed by atoms with Gasteiger partial charge in [0.05, 0.1) is 12.0 Å². The van der Waals surface area contributed by atoms with E-state index in [4.69, 9.17) is 22.7 Å². The summed E-state index contributed by atoms with van der Waals surface area (Å²) in [5.41, 5.74) is 1.35. The van der Waals surface area contributed by atoms with Crippen molar-refractivity contribution in [2.24, 2.45) is 0 Å². The van der Waals surface area contributed by atoms with Crippen LogP contribution in [0.5, 0.6) is 12.0 Å². The van der Waals surface area contributed by atoms with E-state index in [1.54, 1.807) is 4.90 Å². The van der Waals surface area contributed by atoms with Gasteiger partial charge in [0.15, 0.2) is 0 Å². The molecule has 1 fully saturated rings. The highest BCUT2D eigenvalue weighted by Gasteiger charge is 2.37. The summed E-state index contributed by atoms with van der Waals surface area (Å²) in [5, 5.41) is 0.552. The minimum Gasteiger partial charge on any atom is -0.457 e. The van der Waals surface area contributed by atoms with Gasteiger partial charge in [-0.05, 0) is 81.2 Å². The number of likely N-dealkylation sites (tertiary alicyclic amines) is 1. The van der Waals surface area contributed by atoms with Gasteiger partial charge < -0.3 is 27.6 Å². The van der Waals surface area contributed by atoms with E-state index in [1.165, 1.54) is 18.2 Å². The lowest BCUT2D eigenvalue weighted by Crippen LogP contribution is -2.50. The average Bonchev–Trinajstić information content (AvgIpc) is 3.34. The van der Waals surface area contributed by atoms with Crippen LogP contribution in [-0.4, -0.2) is 67.1 Å². The molecule has 5 aromatic heterocycles. The molecule has 9 rings (SSSR count). The zero-order chi connectivity index (χ0) is 51.8. The summed E-state index contributed by atoms with van der Waals surface area (Å²) in [6.07, 6.45) is 3.63. The van der Waals surface area contributed by atoms with E-state index in [-0.39, 0.29) is 76.6 Å². The number of rotatable bonds is 11. The number of nitrogens with zero attached hydrogens (tertiary/aromatic N) is 4. The molecule has 2 aliphatic heterocycles. The number of hydrogen-bond donors (Lipinski definition) is 2. The lowest BCUT2D eigenvalue weighted by molar-refractivity contribution is -0.139. The first-order chi connectivity index (χ1) is 34.5. The highest BCUT2D eigenvalue weighted by molar-refractivity contribution is 9.10. The maximum Gasteiger partial charge on any atom is 0.337 e. The number of ether oxygens (including phenoxy) is 2. The van der Waals surface area contributed by atoms with Gasteiger partial charge in [0, 0.05) is 51.4 Å². The molecule has 0 saturated carbocycles. The SMILES string of the molecule is CCc1cc(=O)oc2c1C(=O)N(CC(=O)N1CCCCC1)C(=O)C2.CCc1cc(=O)oc2nc(O[C@@H](C)c3ccccc3Br)[nH]c(=O)c12.CCc1cc(=O)oc2nc(O[C@@H](C)c3ccccc3Br)[nH]c(=O)c12. The largest absolute Gasteiger partial charge is 0.457 e. The molecule has 7 heterocycles. The molecule has 0 spiro atoms. The number of carbonyl (C=O) groups excluding carboxylic acids is 3. The van der Waals surface area contributed by atoms with E-state index in [0.29, 0.717) is 49.0 Å². The molecule has 1 saturated heterocycles. The van der Waals surface area contributed by atoms with Gasteiger partial charge in [-0.3, -0.25) is 38.8 Å². The van der Waals surface area contributed by atoms with E-state index in [9.17, 15) is 38.4 Å². The molecular weight excluding hydrogens is 1060 g/mol. The Morgan fingerprint density at radius 3 is 1.56 bits per heavy atom. The van der Waals surface area contributed by atoms with E-state index in [1.807, 2.05) is 83.1 Å². The number of nitrogens with one attached hydrogen (secondary N) is 2. The number of imide groups is 1. The van der Waals surface area contributed by atoms with Crippen molar-refractivity contribution in [3.8, 4) is 12.0 Å². The van der Waals surface area contributed by atoms with Crippen molar-refractivity contribution in [1.29, 1.82) is 0 Å². The summed E-state index contributed by atoms with van der Waals surface area (Å²) in [6, 6.07) is 19.1. The second-order valence-corrected chi connectivity index (χ2v) is 18.4. The fourth-order valence-electron chi connectivity index (χ4n) is 8.27. The number of carbonyl (C=O) groups is 3. The van der Waals surface area contributed by atoms with Crippen molar-refractivity contribution in [1.82, 2.24) is 29.7 Å². The zero-order valence-electron chi connectivity index (χ0n) is 39.9. The maximum absolute atomic E-state index is 12.7. The first kappa shape index (κ1) is 52.6. The smallest absolute Gasteiger partial charge is 0.337 e. The molecule has 72 heavy (non-hydrogen) atoms. The predicted molar refractivity (Wildman–Crippen MR) is 271 cm³/mol. The number of benzene rings is 2. The van der Waals surface area contributed by atoms with Crippen molar-refractivity contribution in [3.05, 3.63) is 167 Å². The van der Waals surface area contributed by atoms with Crippen molar-refractivity contribution in [2.75, 3.05) is 19.6 Å². The van der Waals surface area contributed by atoms with Gasteiger partial charge >= 0.3 is 16.9 Å². The van der Waals surface area contributed by atoms with E-state index in [2.05, 4.69) is 51.8 Å². The quantitative estimate of drug-likeness (QED) is 0.119. The Hall–Kier alpha value is -7.26. The molecule has 0 aliphatic carbocycles. The van der Waals surface area contributed by atoms with Gasteiger partial charge in [0.25, 0.3) is 29.0 Å². The Morgan fingerprint density at radius 1 is 0.653 bits per heavy atom. The van der Waals surface area contributed by atoms with Crippen LogP contribution in [0.25, 0.3) is 22.2 Å². The monoisotopic (exact) mass is 1110 g/mol.